The molecule has 3 fully saturated rings. The van der Waals surface area contributed by atoms with Crippen molar-refractivity contribution in [2.45, 2.75) is 29.4 Å². The average Bonchev–Trinajstić information content (AvgIpc) is 3.62. The number of aliphatic hydroxyl groups excluding tert-OH is 1. The van der Waals surface area contributed by atoms with Crippen LogP contribution in [0.15, 0.2) is 98.1 Å². The number of anilines is 2. The van der Waals surface area contributed by atoms with Crippen molar-refractivity contribution in [3.05, 3.63) is 98.1 Å². The van der Waals surface area contributed by atoms with Gasteiger partial charge in [-0.1, -0.05) is 67.6 Å². The van der Waals surface area contributed by atoms with Gasteiger partial charge in [0.05, 0.1) is 23.2 Å². The number of nitrogens with zero attached hydrogens (tertiary/aromatic N) is 3. The van der Waals surface area contributed by atoms with Crippen LogP contribution in [0.25, 0.3) is 10.8 Å². The monoisotopic (exact) mass is 595 g/mol. The van der Waals surface area contributed by atoms with Crippen LogP contribution in [-0.4, -0.2) is 70.0 Å². The van der Waals surface area contributed by atoms with Gasteiger partial charge in [-0.15, -0.1) is 24.9 Å². The van der Waals surface area contributed by atoms with Gasteiger partial charge >= 0.3 is 0 Å². The number of hydrogen-bond acceptors (Lipinski definition) is 5. The summed E-state index contributed by atoms with van der Waals surface area (Å²) in [6, 6.07) is 22.5. The third kappa shape index (κ3) is 4.59. The Morgan fingerprint density at radius 2 is 1.60 bits per heavy atom. The minimum atomic E-state index is -0.823. The van der Waals surface area contributed by atoms with Crippen LogP contribution in [-0.2, 0) is 14.4 Å². The number of para-hydroxylation sites is 1. The van der Waals surface area contributed by atoms with Gasteiger partial charge in [0.2, 0.25) is 11.8 Å². The summed E-state index contributed by atoms with van der Waals surface area (Å²) in [4.78, 5) is 48.5. The number of carbonyl (C=O) groups is 3. The molecule has 7 nitrogen and oxygen atoms in total. The molecule has 2 bridgehead atoms. The molecule has 3 aromatic carbocycles. The maximum Gasteiger partial charge on any atom is 0.251 e. The first kappa shape index (κ1) is 29.2. The fraction of sp³-hybridized carbons (Fsp3) is 0.343. The van der Waals surface area contributed by atoms with Crippen LogP contribution in [0.1, 0.15) is 13.3 Å². The zero-order valence-corrected chi connectivity index (χ0v) is 25.2. The molecule has 3 saturated heterocycles. The predicted molar refractivity (Wildman–Crippen MR) is 173 cm³/mol. The van der Waals surface area contributed by atoms with Crippen molar-refractivity contribution in [3.8, 4) is 0 Å². The van der Waals surface area contributed by atoms with E-state index in [1.54, 1.807) is 38.6 Å². The van der Waals surface area contributed by atoms with E-state index in [1.807, 2.05) is 72.8 Å². The molecule has 3 heterocycles. The normalized spacial score (nSPS) is 27.3. The van der Waals surface area contributed by atoms with E-state index in [4.69, 9.17) is 0 Å². The maximum absolute atomic E-state index is 14.8. The molecule has 3 aliphatic heterocycles. The van der Waals surface area contributed by atoms with E-state index in [2.05, 4.69) is 20.1 Å². The van der Waals surface area contributed by atoms with Crippen LogP contribution >= 0.6 is 11.8 Å². The molecule has 0 aliphatic carbocycles. The Morgan fingerprint density at radius 3 is 2.28 bits per heavy atom. The highest BCUT2D eigenvalue weighted by atomic mass is 32.2. The lowest BCUT2D eigenvalue weighted by Gasteiger charge is -2.41. The van der Waals surface area contributed by atoms with Crippen LogP contribution < -0.4 is 9.80 Å². The standard InChI is InChI=1S/C35H37N3O4S/c1-4-17-36(26-13-7-6-8-14-26)32(40)29-28-21-23(3)35(43-28)30(29)33(41)38(19-20-39)31(35)34(42)37(18-5-2)27-16-15-24-11-9-10-12-25(24)22-27/h4-16,22-23,28-31,39H,1-2,17-21H2,3H3/t23?,28-,29+,30-,31?,35?/m0/s1. The molecule has 222 valence electrons. The zero-order valence-electron chi connectivity index (χ0n) is 24.3. The Kier molecular flexibility index (Phi) is 7.92. The van der Waals surface area contributed by atoms with Crippen LogP contribution in [0, 0.1) is 17.8 Å². The number of carbonyl (C=O) groups excluding carboxylic acids is 3. The number of β-amino-alcohol motifs (C(OH)–C–C–N with tert-alkyl or cyclic N) is 1. The van der Waals surface area contributed by atoms with Crippen molar-refractivity contribution >= 4 is 51.6 Å². The van der Waals surface area contributed by atoms with E-state index in [1.165, 1.54) is 0 Å². The SMILES string of the molecule is C=CCN(C(=O)C1N(CCO)C(=O)[C@@H]2[C@H](C(=O)N(CC=C)c3ccccc3)[C@@H]3CC(C)C12S3)c1ccc2ccccc2c1. The minimum Gasteiger partial charge on any atom is -0.395 e. The van der Waals surface area contributed by atoms with E-state index in [0.717, 1.165) is 28.6 Å². The quantitative estimate of drug-likeness (QED) is 0.337. The molecule has 3 aromatic rings. The predicted octanol–water partition coefficient (Wildman–Crippen LogP) is 4.91. The second kappa shape index (κ2) is 11.7. The molecule has 3 aliphatic rings. The molecule has 6 rings (SSSR count). The van der Waals surface area contributed by atoms with Gasteiger partial charge in [-0.2, -0.15) is 0 Å². The van der Waals surface area contributed by atoms with Crippen LogP contribution in [0.3, 0.4) is 0 Å². The lowest BCUT2D eigenvalue weighted by molar-refractivity contribution is -0.139. The van der Waals surface area contributed by atoms with E-state index in [-0.39, 0.29) is 48.6 Å². The summed E-state index contributed by atoms with van der Waals surface area (Å²) in [5, 5.41) is 12.1. The van der Waals surface area contributed by atoms with Gasteiger partial charge in [0, 0.05) is 36.3 Å². The molecule has 3 amide bonds. The summed E-state index contributed by atoms with van der Waals surface area (Å²) < 4.78 is -0.791. The van der Waals surface area contributed by atoms with Gasteiger partial charge in [-0.25, -0.2) is 0 Å². The van der Waals surface area contributed by atoms with Gasteiger partial charge < -0.3 is 19.8 Å². The van der Waals surface area contributed by atoms with Crippen molar-refractivity contribution in [2.75, 3.05) is 36.0 Å². The van der Waals surface area contributed by atoms with Gasteiger partial charge in [-0.3, -0.25) is 14.4 Å². The lowest BCUT2D eigenvalue weighted by Crippen LogP contribution is -2.58. The number of thioether (sulfide) groups is 1. The largest absolute Gasteiger partial charge is 0.395 e. The second-order valence-electron chi connectivity index (χ2n) is 11.6. The zero-order chi connectivity index (χ0) is 30.3. The van der Waals surface area contributed by atoms with Gasteiger partial charge in [0.1, 0.15) is 6.04 Å². The topological polar surface area (TPSA) is 81.2 Å². The third-order valence-electron chi connectivity index (χ3n) is 9.37. The van der Waals surface area contributed by atoms with Crippen LogP contribution in [0.2, 0.25) is 0 Å². The molecular weight excluding hydrogens is 558 g/mol. The van der Waals surface area contributed by atoms with Crippen molar-refractivity contribution in [3.63, 3.8) is 0 Å². The highest BCUT2D eigenvalue weighted by Gasteiger charge is 2.76. The molecule has 1 N–H and O–H groups in total. The number of benzene rings is 3. The molecule has 0 saturated carbocycles. The van der Waals surface area contributed by atoms with Crippen molar-refractivity contribution in [1.29, 1.82) is 0 Å². The van der Waals surface area contributed by atoms with Crippen LogP contribution in [0.4, 0.5) is 11.4 Å². The summed E-state index contributed by atoms with van der Waals surface area (Å²) in [6.07, 6.45) is 4.12. The number of aliphatic hydroxyl groups is 1. The Morgan fingerprint density at radius 1 is 0.953 bits per heavy atom. The van der Waals surface area contributed by atoms with Gasteiger partial charge in [0.25, 0.3) is 5.91 Å². The van der Waals surface area contributed by atoms with E-state index >= 15 is 0 Å². The van der Waals surface area contributed by atoms with Gasteiger partial charge in [0.15, 0.2) is 0 Å². The first-order chi connectivity index (χ1) is 20.9. The fourth-order valence-corrected chi connectivity index (χ4v) is 10.0. The molecule has 0 radical (unpaired) electrons. The summed E-state index contributed by atoms with van der Waals surface area (Å²) in [6.45, 7) is 10.2. The first-order valence-corrected chi connectivity index (χ1v) is 15.7. The van der Waals surface area contributed by atoms with Crippen LogP contribution in [0.5, 0.6) is 0 Å². The maximum atomic E-state index is 14.8. The number of likely N-dealkylation sites (tertiary alicyclic amines) is 1. The molecule has 0 aromatic heterocycles. The summed E-state index contributed by atoms with van der Waals surface area (Å²) in [5.74, 6) is -1.79. The number of amides is 3. The summed E-state index contributed by atoms with van der Waals surface area (Å²) in [7, 11) is 0. The lowest BCUT2D eigenvalue weighted by atomic mass is 9.65. The average molecular weight is 596 g/mol. The van der Waals surface area contributed by atoms with E-state index < -0.39 is 22.6 Å². The number of hydrogen-bond donors (Lipinski definition) is 1. The van der Waals surface area contributed by atoms with Crippen molar-refractivity contribution < 1.29 is 19.5 Å². The molecule has 3 unspecified atom stereocenters. The van der Waals surface area contributed by atoms with Gasteiger partial charge in [-0.05, 0) is 47.4 Å². The highest BCUT2D eigenvalue weighted by Crippen LogP contribution is 2.69. The Bertz CT molecular complexity index is 1580. The first-order valence-electron chi connectivity index (χ1n) is 14.8. The molecule has 6 atom stereocenters. The fourth-order valence-electron chi connectivity index (χ4n) is 7.61. The summed E-state index contributed by atoms with van der Waals surface area (Å²) in [5.41, 5.74) is 1.47. The Balaban J connectivity index is 1.42. The molecule has 8 heteroatoms. The molecule has 43 heavy (non-hydrogen) atoms. The smallest absolute Gasteiger partial charge is 0.251 e. The Hall–Kier alpha value is -3.88. The molecular formula is C35H37N3O4S. The minimum absolute atomic E-state index is 0.0184. The number of fused-ring (bicyclic) bond motifs is 2. The highest BCUT2D eigenvalue weighted by molar-refractivity contribution is 8.02. The third-order valence-corrected chi connectivity index (χ3v) is 11.4. The van der Waals surface area contributed by atoms with E-state index in [9.17, 15) is 19.5 Å². The van der Waals surface area contributed by atoms with E-state index in [0.29, 0.717) is 6.54 Å². The number of rotatable bonds is 10. The Labute approximate surface area is 256 Å². The van der Waals surface area contributed by atoms with Crippen molar-refractivity contribution in [2.24, 2.45) is 17.8 Å². The summed E-state index contributed by atoms with van der Waals surface area (Å²) >= 11 is 1.64. The second-order valence-corrected chi connectivity index (χ2v) is 13.2. The molecule has 1 spiro atoms. The van der Waals surface area contributed by atoms with Crippen molar-refractivity contribution in [1.82, 2.24) is 4.90 Å².